The van der Waals surface area contributed by atoms with Crippen LogP contribution in [0, 0.1) is 17.2 Å². The zero-order valence-corrected chi connectivity index (χ0v) is 17.2. The number of nitrogens with one attached hydrogen (secondary N) is 2. The molecule has 4 aromatic rings. The van der Waals surface area contributed by atoms with Crippen molar-refractivity contribution in [1.29, 1.82) is 5.26 Å². The molecule has 156 valence electrons. The van der Waals surface area contributed by atoms with Crippen LogP contribution in [0.4, 0.5) is 5.69 Å². The lowest BCUT2D eigenvalue weighted by atomic mass is 9.84. The van der Waals surface area contributed by atoms with E-state index in [1.54, 1.807) is 6.20 Å². The summed E-state index contributed by atoms with van der Waals surface area (Å²) in [6.45, 7) is 0. The number of hydrogen-bond acceptors (Lipinski definition) is 4. The molecule has 3 heterocycles. The molecule has 2 N–H and O–H groups in total. The Morgan fingerprint density at radius 3 is 2.77 bits per heavy atom. The molecular weight excluding hydrogens is 388 g/mol. The number of fused-ring (bicyclic) bond motifs is 3. The minimum Gasteiger partial charge on any atom is -0.346 e. The smallest absolute Gasteiger partial charge is 0.231 e. The second-order valence-corrected chi connectivity index (χ2v) is 8.26. The van der Waals surface area contributed by atoms with E-state index in [4.69, 9.17) is 10.2 Å². The first kappa shape index (κ1) is 19.3. The first-order valence-corrected chi connectivity index (χ1v) is 10.8. The summed E-state index contributed by atoms with van der Waals surface area (Å²) in [6, 6.07) is 14.1. The van der Waals surface area contributed by atoms with Crippen LogP contribution in [-0.2, 0) is 11.2 Å². The molecule has 1 aliphatic carbocycles. The van der Waals surface area contributed by atoms with Crippen molar-refractivity contribution in [3.05, 3.63) is 54.6 Å². The van der Waals surface area contributed by atoms with Crippen LogP contribution in [0.5, 0.6) is 0 Å². The van der Waals surface area contributed by atoms with Gasteiger partial charge in [-0.3, -0.25) is 4.79 Å². The molecule has 1 fully saturated rings. The maximum Gasteiger partial charge on any atom is 0.231 e. The molecule has 7 nitrogen and oxygen atoms in total. The van der Waals surface area contributed by atoms with Crippen LogP contribution in [0.1, 0.15) is 44.0 Å². The molecule has 0 spiro atoms. The Morgan fingerprint density at radius 2 is 2.00 bits per heavy atom. The van der Waals surface area contributed by atoms with Gasteiger partial charge in [-0.25, -0.2) is 9.97 Å². The van der Waals surface area contributed by atoms with Gasteiger partial charge in [-0.05, 0) is 49.8 Å². The van der Waals surface area contributed by atoms with Gasteiger partial charge in [0, 0.05) is 29.7 Å². The van der Waals surface area contributed by atoms with E-state index < -0.39 is 0 Å². The van der Waals surface area contributed by atoms with E-state index in [9.17, 15) is 4.79 Å². The molecule has 3 aromatic heterocycles. The molecule has 1 saturated carbocycles. The first-order chi connectivity index (χ1) is 15.2. The summed E-state index contributed by atoms with van der Waals surface area (Å²) >= 11 is 0. The highest BCUT2D eigenvalue weighted by atomic mass is 16.1. The van der Waals surface area contributed by atoms with Crippen molar-refractivity contribution >= 4 is 33.7 Å². The Labute approximate surface area is 180 Å². The third-order valence-corrected chi connectivity index (χ3v) is 6.24. The number of anilines is 1. The number of pyridine rings is 1. The quantitative estimate of drug-likeness (QED) is 0.494. The molecule has 0 radical (unpaired) electrons. The molecule has 0 unspecified atom stereocenters. The van der Waals surface area contributed by atoms with Crippen LogP contribution < -0.4 is 5.32 Å². The number of hydrogen-bond donors (Lipinski definition) is 2. The van der Waals surface area contributed by atoms with Crippen LogP contribution in [0.2, 0.25) is 0 Å². The van der Waals surface area contributed by atoms with E-state index in [1.807, 2.05) is 42.6 Å². The zero-order chi connectivity index (χ0) is 21.2. The number of rotatable bonds is 5. The second kappa shape index (κ2) is 8.23. The number of aromatic nitrogens is 4. The Hall–Kier alpha value is -3.66. The molecule has 1 amide bonds. The molecule has 0 saturated heterocycles. The highest BCUT2D eigenvalue weighted by molar-refractivity contribution is 6.02. The van der Waals surface area contributed by atoms with Crippen LogP contribution in [0.25, 0.3) is 22.1 Å². The third kappa shape index (κ3) is 3.77. The summed E-state index contributed by atoms with van der Waals surface area (Å²) in [6.07, 6.45) is 8.51. The highest BCUT2D eigenvalue weighted by Gasteiger charge is 2.27. The normalized spacial score (nSPS) is 18.8. The number of amides is 1. The number of nitriles is 1. The first-order valence-electron chi connectivity index (χ1n) is 10.8. The van der Waals surface area contributed by atoms with E-state index in [2.05, 4.69) is 25.9 Å². The van der Waals surface area contributed by atoms with Gasteiger partial charge in [-0.2, -0.15) is 5.26 Å². The van der Waals surface area contributed by atoms with Crippen LogP contribution in [-0.4, -0.2) is 25.4 Å². The topological polar surface area (TPSA) is 99.4 Å². The van der Waals surface area contributed by atoms with Crippen molar-refractivity contribution in [3.8, 4) is 6.07 Å². The number of benzene rings is 1. The van der Waals surface area contributed by atoms with Crippen molar-refractivity contribution in [2.24, 2.45) is 5.92 Å². The van der Waals surface area contributed by atoms with E-state index in [-0.39, 0.29) is 18.4 Å². The van der Waals surface area contributed by atoms with E-state index in [1.165, 1.54) is 0 Å². The van der Waals surface area contributed by atoms with Gasteiger partial charge in [-0.1, -0.05) is 18.2 Å². The van der Waals surface area contributed by atoms with Gasteiger partial charge in [0.25, 0.3) is 0 Å². The maximum absolute atomic E-state index is 12.8. The number of carbonyl (C=O) groups excluding carboxylic acids is 1. The molecule has 0 atom stereocenters. The molecule has 31 heavy (non-hydrogen) atoms. The molecule has 0 aliphatic heterocycles. The van der Waals surface area contributed by atoms with Crippen LogP contribution in [0.3, 0.4) is 0 Å². The lowest BCUT2D eigenvalue weighted by molar-refractivity contribution is -0.115. The van der Waals surface area contributed by atoms with E-state index in [0.717, 1.165) is 59.3 Å². The van der Waals surface area contributed by atoms with Crippen molar-refractivity contribution in [3.63, 3.8) is 0 Å². The minimum absolute atomic E-state index is 0.0841. The fourth-order valence-electron chi connectivity index (χ4n) is 4.76. The Balaban J connectivity index is 1.51. The molecular formula is C24H24N6O. The highest BCUT2D eigenvalue weighted by Crippen LogP contribution is 2.38. The van der Waals surface area contributed by atoms with Crippen LogP contribution >= 0.6 is 0 Å². The summed E-state index contributed by atoms with van der Waals surface area (Å²) in [4.78, 5) is 25.3. The lowest BCUT2D eigenvalue weighted by Crippen LogP contribution is -2.23. The van der Waals surface area contributed by atoms with Gasteiger partial charge < -0.3 is 14.9 Å². The number of carbonyl (C=O) groups is 1. The van der Waals surface area contributed by atoms with Crippen molar-refractivity contribution < 1.29 is 4.79 Å². The molecule has 1 aliphatic rings. The SMILES string of the molecule is N#CCC1CCC(n2c(CC(=O)Nc3ccccc3)nc3cnc4[nH]ccc4c32)CC1. The monoisotopic (exact) mass is 412 g/mol. The van der Waals surface area contributed by atoms with Crippen molar-refractivity contribution in [2.45, 2.75) is 44.6 Å². The summed E-state index contributed by atoms with van der Waals surface area (Å²) in [7, 11) is 0. The Morgan fingerprint density at radius 1 is 1.19 bits per heavy atom. The van der Waals surface area contributed by atoms with Gasteiger partial charge in [0.1, 0.15) is 17.0 Å². The summed E-state index contributed by atoms with van der Waals surface area (Å²) in [5, 5.41) is 13.0. The average molecular weight is 412 g/mol. The standard InChI is InChI=1S/C24H24N6O/c25-12-10-16-6-8-18(9-7-16)30-21(14-22(31)28-17-4-2-1-3-5-17)29-20-15-27-24-19(23(20)30)11-13-26-24/h1-5,11,13,15-16,18H,6-10,14H2,(H,26,27)(H,28,31). The van der Waals surface area contributed by atoms with Gasteiger partial charge in [-0.15, -0.1) is 0 Å². The second-order valence-electron chi connectivity index (χ2n) is 8.26. The summed E-state index contributed by atoms with van der Waals surface area (Å²) in [5.41, 5.74) is 3.46. The van der Waals surface area contributed by atoms with Crippen molar-refractivity contribution in [1.82, 2.24) is 19.5 Å². The number of aromatic amines is 1. The fraction of sp³-hybridized carbons (Fsp3) is 0.333. The predicted octanol–water partition coefficient (Wildman–Crippen LogP) is 4.74. The third-order valence-electron chi connectivity index (χ3n) is 6.24. The van der Waals surface area contributed by atoms with E-state index in [0.29, 0.717) is 12.3 Å². The predicted molar refractivity (Wildman–Crippen MR) is 119 cm³/mol. The van der Waals surface area contributed by atoms with E-state index >= 15 is 0 Å². The van der Waals surface area contributed by atoms with Crippen LogP contribution in [0.15, 0.2) is 48.8 Å². The number of H-pyrrole nitrogens is 1. The fourth-order valence-corrected chi connectivity index (χ4v) is 4.76. The summed E-state index contributed by atoms with van der Waals surface area (Å²) in [5.74, 6) is 1.15. The zero-order valence-electron chi connectivity index (χ0n) is 17.2. The van der Waals surface area contributed by atoms with Gasteiger partial charge in [0.15, 0.2) is 0 Å². The lowest BCUT2D eigenvalue weighted by Gasteiger charge is -2.30. The Bertz CT molecular complexity index is 1260. The van der Waals surface area contributed by atoms with Gasteiger partial charge in [0.05, 0.1) is 24.2 Å². The maximum atomic E-state index is 12.8. The number of nitrogens with zero attached hydrogens (tertiary/aromatic N) is 4. The summed E-state index contributed by atoms with van der Waals surface area (Å²) < 4.78 is 2.26. The number of imidazole rings is 1. The van der Waals surface area contributed by atoms with Gasteiger partial charge >= 0.3 is 0 Å². The van der Waals surface area contributed by atoms with Crippen molar-refractivity contribution in [2.75, 3.05) is 5.32 Å². The largest absolute Gasteiger partial charge is 0.346 e. The molecule has 1 aromatic carbocycles. The molecule has 5 rings (SSSR count). The Kier molecular flexibility index (Phi) is 5.13. The molecule has 0 bridgehead atoms. The minimum atomic E-state index is -0.0841. The van der Waals surface area contributed by atoms with Gasteiger partial charge in [0.2, 0.25) is 5.91 Å². The average Bonchev–Trinajstić information content (AvgIpc) is 3.39. The molecule has 7 heteroatoms. The number of para-hydroxylation sites is 1.